The van der Waals surface area contributed by atoms with Gasteiger partial charge in [0.05, 0.1) is 7.11 Å². The van der Waals surface area contributed by atoms with Crippen LogP contribution < -0.4 is 0 Å². The molecule has 0 amide bonds. The first kappa shape index (κ1) is 7.72. The van der Waals surface area contributed by atoms with Crippen molar-refractivity contribution in [3.63, 3.8) is 0 Å². The van der Waals surface area contributed by atoms with Crippen LogP contribution >= 0.6 is 0 Å². The number of allylic oxidation sites excluding steroid dienone is 3. The van der Waals surface area contributed by atoms with Gasteiger partial charge in [0, 0.05) is 11.6 Å². The maximum absolute atomic E-state index is 11.0. The second kappa shape index (κ2) is 2.70. The molecule has 0 atom stereocenters. The Morgan fingerprint density at radius 2 is 1.82 bits per heavy atom. The van der Waals surface area contributed by atoms with E-state index in [9.17, 15) is 9.59 Å². The SMILES string of the molecule is COC1=CC(=O)C(C)=CC1=O. The first-order chi connectivity index (χ1) is 5.15. The van der Waals surface area contributed by atoms with Gasteiger partial charge in [0.25, 0.3) is 0 Å². The van der Waals surface area contributed by atoms with E-state index in [1.807, 2.05) is 0 Å². The summed E-state index contributed by atoms with van der Waals surface area (Å²) in [6.07, 6.45) is 2.48. The molecule has 0 heterocycles. The van der Waals surface area contributed by atoms with Gasteiger partial charge in [0.15, 0.2) is 11.5 Å². The number of methoxy groups -OCH3 is 1. The Labute approximate surface area is 64.3 Å². The predicted molar refractivity (Wildman–Crippen MR) is 38.9 cm³/mol. The van der Waals surface area contributed by atoms with Gasteiger partial charge in [0.1, 0.15) is 0 Å². The van der Waals surface area contributed by atoms with E-state index in [0.717, 1.165) is 0 Å². The molecule has 1 rings (SSSR count). The molecule has 0 bridgehead atoms. The fraction of sp³-hybridized carbons (Fsp3) is 0.250. The van der Waals surface area contributed by atoms with E-state index in [1.54, 1.807) is 6.92 Å². The number of hydrogen-bond donors (Lipinski definition) is 0. The van der Waals surface area contributed by atoms with Gasteiger partial charge in [-0.05, 0) is 13.0 Å². The molecule has 0 aromatic carbocycles. The van der Waals surface area contributed by atoms with Crippen LogP contribution in [-0.4, -0.2) is 18.7 Å². The summed E-state index contributed by atoms with van der Waals surface area (Å²) in [4.78, 5) is 21.9. The van der Waals surface area contributed by atoms with Gasteiger partial charge in [-0.1, -0.05) is 0 Å². The molecule has 1 aliphatic carbocycles. The van der Waals surface area contributed by atoms with E-state index >= 15 is 0 Å². The Hall–Kier alpha value is -1.38. The molecule has 0 saturated heterocycles. The summed E-state index contributed by atoms with van der Waals surface area (Å²) in [7, 11) is 1.37. The lowest BCUT2D eigenvalue weighted by Gasteiger charge is -2.06. The van der Waals surface area contributed by atoms with Crippen molar-refractivity contribution in [3.8, 4) is 0 Å². The van der Waals surface area contributed by atoms with Crippen molar-refractivity contribution in [3.05, 3.63) is 23.5 Å². The highest BCUT2D eigenvalue weighted by Crippen LogP contribution is 2.10. The minimum atomic E-state index is -0.246. The summed E-state index contributed by atoms with van der Waals surface area (Å²) >= 11 is 0. The smallest absolute Gasteiger partial charge is 0.220 e. The average molecular weight is 152 g/mol. The summed E-state index contributed by atoms with van der Waals surface area (Å²) < 4.78 is 4.67. The molecule has 0 aliphatic heterocycles. The van der Waals surface area contributed by atoms with Crippen molar-refractivity contribution in [2.75, 3.05) is 7.11 Å². The topological polar surface area (TPSA) is 43.4 Å². The van der Waals surface area contributed by atoms with Gasteiger partial charge in [-0.2, -0.15) is 0 Å². The molecule has 0 aromatic rings. The highest BCUT2D eigenvalue weighted by atomic mass is 16.5. The summed E-state index contributed by atoms with van der Waals surface area (Å²) in [6, 6.07) is 0. The van der Waals surface area contributed by atoms with Crippen molar-refractivity contribution in [2.45, 2.75) is 6.92 Å². The normalized spacial score (nSPS) is 17.6. The lowest BCUT2D eigenvalue weighted by Crippen LogP contribution is -2.12. The van der Waals surface area contributed by atoms with Crippen LogP contribution in [-0.2, 0) is 14.3 Å². The number of hydrogen-bond acceptors (Lipinski definition) is 3. The molecule has 0 unspecified atom stereocenters. The summed E-state index contributed by atoms with van der Waals surface area (Å²) in [5, 5.41) is 0. The minimum absolute atomic E-state index is 0.112. The molecule has 3 heteroatoms. The zero-order valence-corrected chi connectivity index (χ0v) is 6.38. The first-order valence-corrected chi connectivity index (χ1v) is 3.18. The number of ketones is 2. The quantitative estimate of drug-likeness (QED) is 0.517. The predicted octanol–water partition coefficient (Wildman–Crippen LogP) is 0.615. The molecule has 3 nitrogen and oxygen atoms in total. The maximum Gasteiger partial charge on any atom is 0.220 e. The van der Waals surface area contributed by atoms with Crippen molar-refractivity contribution < 1.29 is 14.3 Å². The van der Waals surface area contributed by atoms with Gasteiger partial charge < -0.3 is 4.74 Å². The molecule has 58 valence electrons. The van der Waals surface area contributed by atoms with Crippen LogP contribution in [0.15, 0.2) is 23.5 Å². The Bertz CT molecular complexity index is 271. The largest absolute Gasteiger partial charge is 0.493 e. The van der Waals surface area contributed by atoms with E-state index in [-0.39, 0.29) is 17.3 Å². The van der Waals surface area contributed by atoms with Crippen molar-refractivity contribution in [1.82, 2.24) is 0 Å². The third-order valence-corrected chi connectivity index (χ3v) is 1.46. The fourth-order valence-corrected chi connectivity index (χ4v) is 0.802. The standard InChI is InChI=1S/C8H8O3/c1-5-3-7(10)8(11-2)4-6(5)9/h3-4H,1-2H3. The molecule has 0 aromatic heterocycles. The maximum atomic E-state index is 11.0. The Balaban J connectivity index is 2.98. The number of ether oxygens (including phenoxy) is 1. The molecule has 0 N–H and O–H groups in total. The zero-order valence-electron chi connectivity index (χ0n) is 6.38. The van der Waals surface area contributed by atoms with Crippen LogP contribution in [0, 0.1) is 0 Å². The molecule has 0 saturated carbocycles. The molecule has 0 fully saturated rings. The van der Waals surface area contributed by atoms with E-state index < -0.39 is 0 Å². The first-order valence-electron chi connectivity index (χ1n) is 3.18. The number of carbonyl (C=O) groups excluding carboxylic acids is 2. The Morgan fingerprint density at radius 1 is 1.18 bits per heavy atom. The van der Waals surface area contributed by atoms with Crippen LogP contribution in [0.5, 0.6) is 0 Å². The fourth-order valence-electron chi connectivity index (χ4n) is 0.802. The van der Waals surface area contributed by atoms with Gasteiger partial charge in [-0.3, -0.25) is 9.59 Å². The van der Waals surface area contributed by atoms with Crippen LogP contribution in [0.1, 0.15) is 6.92 Å². The van der Waals surface area contributed by atoms with Gasteiger partial charge in [-0.25, -0.2) is 0 Å². The van der Waals surface area contributed by atoms with Crippen molar-refractivity contribution >= 4 is 11.6 Å². The summed E-state index contributed by atoms with van der Waals surface area (Å²) in [5.74, 6) is -0.299. The van der Waals surface area contributed by atoms with Crippen LogP contribution in [0.2, 0.25) is 0 Å². The average Bonchev–Trinajstić information content (AvgIpc) is 1.97. The molecular formula is C8H8O3. The lowest BCUT2D eigenvalue weighted by atomic mass is 10.0. The highest BCUT2D eigenvalue weighted by molar-refractivity contribution is 6.18. The Kier molecular flexibility index (Phi) is 1.89. The van der Waals surface area contributed by atoms with Gasteiger partial charge in [0.2, 0.25) is 5.78 Å². The van der Waals surface area contributed by atoms with E-state index in [1.165, 1.54) is 19.3 Å². The molecule has 0 spiro atoms. The zero-order chi connectivity index (χ0) is 8.43. The second-order valence-electron chi connectivity index (χ2n) is 2.27. The van der Waals surface area contributed by atoms with Crippen LogP contribution in [0.25, 0.3) is 0 Å². The number of rotatable bonds is 1. The van der Waals surface area contributed by atoms with E-state index in [2.05, 4.69) is 4.74 Å². The highest BCUT2D eigenvalue weighted by Gasteiger charge is 2.17. The van der Waals surface area contributed by atoms with Crippen molar-refractivity contribution in [1.29, 1.82) is 0 Å². The third kappa shape index (κ3) is 1.37. The van der Waals surface area contributed by atoms with E-state index in [4.69, 9.17) is 0 Å². The lowest BCUT2D eigenvalue weighted by molar-refractivity contribution is -0.117. The monoisotopic (exact) mass is 152 g/mol. The second-order valence-corrected chi connectivity index (χ2v) is 2.27. The summed E-state index contributed by atoms with van der Waals surface area (Å²) in [6.45, 7) is 1.60. The van der Waals surface area contributed by atoms with E-state index in [0.29, 0.717) is 5.57 Å². The summed E-state index contributed by atoms with van der Waals surface area (Å²) in [5.41, 5.74) is 0.454. The van der Waals surface area contributed by atoms with Crippen molar-refractivity contribution in [2.24, 2.45) is 0 Å². The van der Waals surface area contributed by atoms with Gasteiger partial charge >= 0.3 is 0 Å². The third-order valence-electron chi connectivity index (χ3n) is 1.46. The molecule has 1 aliphatic rings. The number of carbonyl (C=O) groups is 2. The van der Waals surface area contributed by atoms with Gasteiger partial charge in [-0.15, -0.1) is 0 Å². The van der Waals surface area contributed by atoms with Crippen LogP contribution in [0.3, 0.4) is 0 Å². The van der Waals surface area contributed by atoms with Crippen LogP contribution in [0.4, 0.5) is 0 Å². The molecule has 11 heavy (non-hydrogen) atoms. The Morgan fingerprint density at radius 3 is 2.36 bits per heavy atom. The minimum Gasteiger partial charge on any atom is -0.493 e. The molecule has 0 radical (unpaired) electrons. The molecular weight excluding hydrogens is 144 g/mol.